The number of nitrogens with zero attached hydrogens (tertiary/aromatic N) is 1. The van der Waals surface area contributed by atoms with Crippen LogP contribution in [0.25, 0.3) is 0 Å². The van der Waals surface area contributed by atoms with Crippen LogP contribution in [-0.2, 0) is 11.3 Å². The van der Waals surface area contributed by atoms with Crippen molar-refractivity contribution in [1.29, 1.82) is 0 Å². The zero-order chi connectivity index (χ0) is 17.8. The average molecular weight is 361 g/mol. The molecule has 1 unspecified atom stereocenters. The predicted molar refractivity (Wildman–Crippen MR) is 99.2 cm³/mol. The number of aryl methyl sites for hydroxylation is 1. The van der Waals surface area contributed by atoms with E-state index in [2.05, 4.69) is 10.2 Å². The third kappa shape index (κ3) is 4.80. The van der Waals surface area contributed by atoms with Gasteiger partial charge in [0.1, 0.15) is 5.82 Å². The highest BCUT2D eigenvalue weighted by atomic mass is 35.5. The third-order valence-corrected chi connectivity index (χ3v) is 4.87. The van der Waals surface area contributed by atoms with Gasteiger partial charge in [0.2, 0.25) is 5.91 Å². The number of hydrogen-bond donors (Lipinski definition) is 1. The standard InChI is InChI=1S/C20H22ClFN2O/c1-14-7-8-19(18(21)10-14)23-20(25)16-5-3-9-24(13-16)12-15-4-2-6-17(22)11-15/h2,4,6-8,10-11,16H,3,5,9,12-13H2,1H3,(H,23,25). The average Bonchev–Trinajstić information content (AvgIpc) is 2.57. The van der Waals surface area contributed by atoms with Crippen molar-refractivity contribution in [3.05, 3.63) is 64.4 Å². The second kappa shape index (κ2) is 7.98. The lowest BCUT2D eigenvalue weighted by Gasteiger charge is -2.32. The van der Waals surface area contributed by atoms with E-state index in [0.29, 0.717) is 23.8 Å². The van der Waals surface area contributed by atoms with Crippen molar-refractivity contribution in [2.24, 2.45) is 5.92 Å². The highest BCUT2D eigenvalue weighted by Crippen LogP contribution is 2.25. The van der Waals surface area contributed by atoms with Crippen LogP contribution in [0.4, 0.5) is 10.1 Å². The summed E-state index contributed by atoms with van der Waals surface area (Å²) in [4.78, 5) is 14.8. The van der Waals surface area contributed by atoms with E-state index in [9.17, 15) is 9.18 Å². The highest BCUT2D eigenvalue weighted by Gasteiger charge is 2.26. The Labute approximate surface area is 152 Å². The smallest absolute Gasteiger partial charge is 0.228 e. The summed E-state index contributed by atoms with van der Waals surface area (Å²) in [5, 5.41) is 3.50. The van der Waals surface area contributed by atoms with Crippen molar-refractivity contribution in [3.8, 4) is 0 Å². The van der Waals surface area contributed by atoms with Gasteiger partial charge in [0, 0.05) is 13.1 Å². The highest BCUT2D eigenvalue weighted by molar-refractivity contribution is 6.33. The van der Waals surface area contributed by atoms with Gasteiger partial charge >= 0.3 is 0 Å². The number of piperidine rings is 1. The molecule has 0 bridgehead atoms. The number of hydrogen-bond acceptors (Lipinski definition) is 2. The molecule has 3 rings (SSSR count). The SMILES string of the molecule is Cc1ccc(NC(=O)C2CCCN(Cc3cccc(F)c3)C2)c(Cl)c1. The van der Waals surface area contributed by atoms with Gasteiger partial charge in [-0.3, -0.25) is 9.69 Å². The van der Waals surface area contributed by atoms with Gasteiger partial charge in [0.25, 0.3) is 0 Å². The fraction of sp³-hybridized carbons (Fsp3) is 0.350. The van der Waals surface area contributed by atoms with E-state index in [-0.39, 0.29) is 17.6 Å². The van der Waals surface area contributed by atoms with Gasteiger partial charge in [0.05, 0.1) is 16.6 Å². The summed E-state index contributed by atoms with van der Waals surface area (Å²) in [5.41, 5.74) is 2.64. The van der Waals surface area contributed by atoms with Crippen molar-refractivity contribution in [3.63, 3.8) is 0 Å². The van der Waals surface area contributed by atoms with Crippen LogP contribution < -0.4 is 5.32 Å². The number of carbonyl (C=O) groups is 1. The van der Waals surface area contributed by atoms with Gasteiger partial charge in [-0.15, -0.1) is 0 Å². The summed E-state index contributed by atoms with van der Waals surface area (Å²) < 4.78 is 13.3. The van der Waals surface area contributed by atoms with Crippen molar-refractivity contribution in [2.45, 2.75) is 26.3 Å². The maximum absolute atomic E-state index is 13.3. The quantitative estimate of drug-likeness (QED) is 0.861. The van der Waals surface area contributed by atoms with E-state index < -0.39 is 0 Å². The van der Waals surface area contributed by atoms with Crippen molar-refractivity contribution in [2.75, 3.05) is 18.4 Å². The molecule has 1 saturated heterocycles. The largest absolute Gasteiger partial charge is 0.324 e. The minimum absolute atomic E-state index is 0.00491. The number of amides is 1. The first-order chi connectivity index (χ1) is 12.0. The van der Waals surface area contributed by atoms with E-state index in [1.54, 1.807) is 12.1 Å². The second-order valence-electron chi connectivity index (χ2n) is 6.68. The Morgan fingerprint density at radius 1 is 1.32 bits per heavy atom. The number of rotatable bonds is 4. The van der Waals surface area contributed by atoms with Crippen LogP contribution in [-0.4, -0.2) is 23.9 Å². The Balaban J connectivity index is 1.61. The first-order valence-electron chi connectivity index (χ1n) is 8.55. The number of nitrogens with one attached hydrogen (secondary N) is 1. The zero-order valence-corrected chi connectivity index (χ0v) is 15.0. The minimum atomic E-state index is -0.224. The number of likely N-dealkylation sites (tertiary alicyclic amines) is 1. The molecule has 1 aliphatic rings. The van der Waals surface area contributed by atoms with Crippen LogP contribution in [0.2, 0.25) is 5.02 Å². The molecule has 132 valence electrons. The number of carbonyl (C=O) groups excluding carboxylic acids is 1. The van der Waals surface area contributed by atoms with Crippen LogP contribution in [0.1, 0.15) is 24.0 Å². The molecule has 0 radical (unpaired) electrons. The Kier molecular flexibility index (Phi) is 5.71. The maximum atomic E-state index is 13.3. The summed E-state index contributed by atoms with van der Waals surface area (Å²) >= 11 is 6.20. The molecule has 0 aliphatic carbocycles. The normalized spacial score (nSPS) is 18.1. The third-order valence-electron chi connectivity index (χ3n) is 4.55. The summed E-state index contributed by atoms with van der Waals surface area (Å²) in [5.74, 6) is -0.313. The van der Waals surface area contributed by atoms with E-state index in [0.717, 1.165) is 30.5 Å². The van der Waals surface area contributed by atoms with Crippen LogP contribution in [0.3, 0.4) is 0 Å². The summed E-state index contributed by atoms with van der Waals surface area (Å²) in [7, 11) is 0. The van der Waals surface area contributed by atoms with Gasteiger partial charge in [-0.2, -0.15) is 0 Å². The Bertz CT molecular complexity index is 765. The monoisotopic (exact) mass is 360 g/mol. The fourth-order valence-electron chi connectivity index (χ4n) is 3.26. The first kappa shape index (κ1) is 17.9. The number of halogens is 2. The zero-order valence-electron chi connectivity index (χ0n) is 14.3. The minimum Gasteiger partial charge on any atom is -0.324 e. The molecule has 2 aromatic carbocycles. The van der Waals surface area contributed by atoms with E-state index in [1.165, 1.54) is 6.07 Å². The predicted octanol–water partition coefficient (Wildman–Crippen LogP) is 4.64. The topological polar surface area (TPSA) is 32.3 Å². The van der Waals surface area contributed by atoms with E-state index >= 15 is 0 Å². The molecule has 1 fully saturated rings. The molecule has 3 nitrogen and oxygen atoms in total. The molecule has 25 heavy (non-hydrogen) atoms. The summed E-state index contributed by atoms with van der Waals surface area (Å²) in [6.45, 7) is 4.22. The fourth-order valence-corrected chi connectivity index (χ4v) is 3.55. The Morgan fingerprint density at radius 3 is 2.92 bits per heavy atom. The van der Waals surface area contributed by atoms with Gasteiger partial charge in [0.15, 0.2) is 0 Å². The molecule has 0 spiro atoms. The number of benzene rings is 2. The molecule has 0 aromatic heterocycles. The van der Waals surface area contributed by atoms with E-state index in [1.807, 2.05) is 31.2 Å². The molecule has 0 saturated carbocycles. The first-order valence-corrected chi connectivity index (χ1v) is 8.93. The molecule has 5 heteroatoms. The molecular weight excluding hydrogens is 339 g/mol. The van der Waals surface area contributed by atoms with Crippen molar-refractivity contribution in [1.82, 2.24) is 4.90 Å². The van der Waals surface area contributed by atoms with Gasteiger partial charge < -0.3 is 5.32 Å². The molecule has 1 N–H and O–H groups in total. The van der Waals surface area contributed by atoms with Crippen molar-refractivity contribution >= 4 is 23.2 Å². The molecule has 1 atom stereocenters. The second-order valence-corrected chi connectivity index (χ2v) is 7.08. The number of anilines is 1. The molecular formula is C20H22ClFN2O. The molecule has 1 aliphatic heterocycles. The van der Waals surface area contributed by atoms with Crippen LogP contribution in [0.5, 0.6) is 0 Å². The van der Waals surface area contributed by atoms with Gasteiger partial charge in [-0.1, -0.05) is 29.8 Å². The Hall–Kier alpha value is -1.91. The lowest BCUT2D eigenvalue weighted by molar-refractivity contribution is -0.121. The van der Waals surface area contributed by atoms with Gasteiger partial charge in [-0.25, -0.2) is 4.39 Å². The van der Waals surface area contributed by atoms with Crippen LogP contribution >= 0.6 is 11.6 Å². The molecule has 2 aromatic rings. The van der Waals surface area contributed by atoms with Crippen LogP contribution in [0.15, 0.2) is 42.5 Å². The lowest BCUT2D eigenvalue weighted by atomic mass is 9.96. The van der Waals surface area contributed by atoms with Crippen LogP contribution in [0, 0.1) is 18.7 Å². The summed E-state index contributed by atoms with van der Waals surface area (Å²) in [6, 6.07) is 12.2. The summed E-state index contributed by atoms with van der Waals surface area (Å²) in [6.07, 6.45) is 1.81. The van der Waals surface area contributed by atoms with E-state index in [4.69, 9.17) is 11.6 Å². The maximum Gasteiger partial charge on any atom is 0.228 e. The van der Waals surface area contributed by atoms with Gasteiger partial charge in [-0.05, 0) is 61.7 Å². The Morgan fingerprint density at radius 2 is 2.16 bits per heavy atom. The molecule has 1 amide bonds. The van der Waals surface area contributed by atoms with Crippen molar-refractivity contribution < 1.29 is 9.18 Å². The molecule has 1 heterocycles. The lowest BCUT2D eigenvalue weighted by Crippen LogP contribution is -2.40.